The minimum Gasteiger partial charge on any atom is -0.480 e. The summed E-state index contributed by atoms with van der Waals surface area (Å²) in [6.07, 6.45) is 7.00. The lowest BCUT2D eigenvalue weighted by molar-refractivity contribution is -0.142. The van der Waals surface area contributed by atoms with E-state index in [4.69, 9.17) is 4.74 Å². The molecule has 0 saturated carbocycles. The summed E-state index contributed by atoms with van der Waals surface area (Å²) >= 11 is 0. The molecule has 0 aromatic heterocycles. The molecule has 24 heavy (non-hydrogen) atoms. The lowest BCUT2D eigenvalue weighted by Crippen LogP contribution is -2.42. The van der Waals surface area contributed by atoms with Crippen LogP contribution in [0, 0.1) is 0 Å². The second-order valence-corrected chi connectivity index (χ2v) is 5.99. The van der Waals surface area contributed by atoms with Crippen molar-refractivity contribution in [3.05, 3.63) is 35.9 Å². The molecule has 0 aliphatic rings. The standard InChI is InChI=1S/C19H29NO4/c1-2-3-4-5-6-10-13-17(19(22)23)20-18(21)15-24-14-16-11-8-7-9-12-16/h7-9,11-12,17H,2-6,10,13-15H2,1H3,(H,20,21)(H,22,23)/t17-/m1/s1. The first-order valence-electron chi connectivity index (χ1n) is 8.77. The Kier molecular flexibility index (Phi) is 10.5. The number of amides is 1. The third-order valence-electron chi connectivity index (χ3n) is 3.82. The molecule has 1 aromatic rings. The quantitative estimate of drug-likeness (QED) is 0.541. The lowest BCUT2D eigenvalue weighted by atomic mass is 10.1. The van der Waals surface area contributed by atoms with E-state index in [1.54, 1.807) is 0 Å². The van der Waals surface area contributed by atoms with Gasteiger partial charge in [0.15, 0.2) is 0 Å². The van der Waals surface area contributed by atoms with Crippen LogP contribution < -0.4 is 5.32 Å². The van der Waals surface area contributed by atoms with Gasteiger partial charge in [0.25, 0.3) is 0 Å². The number of carboxylic acids is 1. The van der Waals surface area contributed by atoms with Gasteiger partial charge >= 0.3 is 5.97 Å². The van der Waals surface area contributed by atoms with Crippen LogP contribution in [0.2, 0.25) is 0 Å². The summed E-state index contributed by atoms with van der Waals surface area (Å²) in [7, 11) is 0. The van der Waals surface area contributed by atoms with E-state index in [2.05, 4.69) is 12.2 Å². The second-order valence-electron chi connectivity index (χ2n) is 5.99. The fourth-order valence-electron chi connectivity index (χ4n) is 2.46. The van der Waals surface area contributed by atoms with Crippen LogP contribution in [-0.2, 0) is 20.9 Å². The number of unbranched alkanes of at least 4 members (excludes halogenated alkanes) is 5. The van der Waals surface area contributed by atoms with Crippen LogP contribution in [0.15, 0.2) is 30.3 Å². The highest BCUT2D eigenvalue weighted by Gasteiger charge is 2.19. The Labute approximate surface area is 144 Å². The Bertz CT molecular complexity index is 476. The zero-order valence-corrected chi connectivity index (χ0v) is 14.5. The maximum absolute atomic E-state index is 11.8. The van der Waals surface area contributed by atoms with Crippen molar-refractivity contribution in [3.8, 4) is 0 Å². The number of aliphatic carboxylic acids is 1. The van der Waals surface area contributed by atoms with E-state index in [0.29, 0.717) is 13.0 Å². The van der Waals surface area contributed by atoms with Crippen LogP contribution in [0.25, 0.3) is 0 Å². The highest BCUT2D eigenvalue weighted by Crippen LogP contribution is 2.09. The maximum atomic E-state index is 11.8. The van der Waals surface area contributed by atoms with Gasteiger partial charge in [-0.15, -0.1) is 0 Å². The SMILES string of the molecule is CCCCCCCC[C@@H](NC(=O)COCc1ccccc1)C(=O)O. The van der Waals surface area contributed by atoms with Crippen LogP contribution in [0.1, 0.15) is 57.4 Å². The third-order valence-corrected chi connectivity index (χ3v) is 3.82. The number of nitrogens with one attached hydrogen (secondary N) is 1. The van der Waals surface area contributed by atoms with E-state index in [0.717, 1.165) is 24.8 Å². The Morgan fingerprint density at radius 2 is 1.75 bits per heavy atom. The number of carbonyl (C=O) groups excluding carboxylic acids is 1. The summed E-state index contributed by atoms with van der Waals surface area (Å²) < 4.78 is 5.33. The largest absolute Gasteiger partial charge is 0.480 e. The first-order chi connectivity index (χ1) is 11.6. The van der Waals surface area contributed by atoms with Gasteiger partial charge in [-0.2, -0.15) is 0 Å². The van der Waals surface area contributed by atoms with Gasteiger partial charge in [-0.05, 0) is 12.0 Å². The van der Waals surface area contributed by atoms with E-state index in [-0.39, 0.29) is 12.5 Å². The zero-order chi connectivity index (χ0) is 17.6. The zero-order valence-electron chi connectivity index (χ0n) is 14.5. The van der Waals surface area contributed by atoms with Crippen molar-refractivity contribution in [2.75, 3.05) is 6.61 Å². The monoisotopic (exact) mass is 335 g/mol. The van der Waals surface area contributed by atoms with E-state index in [1.807, 2.05) is 30.3 Å². The van der Waals surface area contributed by atoms with Crippen LogP contribution in [0.4, 0.5) is 0 Å². The summed E-state index contributed by atoms with van der Waals surface area (Å²) in [4.78, 5) is 23.1. The molecule has 0 unspecified atom stereocenters. The van der Waals surface area contributed by atoms with Crippen LogP contribution in [0.5, 0.6) is 0 Å². The number of carboxylic acid groups (broad SMARTS) is 1. The molecule has 0 aliphatic heterocycles. The number of carbonyl (C=O) groups is 2. The van der Waals surface area contributed by atoms with Crippen molar-refractivity contribution >= 4 is 11.9 Å². The van der Waals surface area contributed by atoms with Crippen LogP contribution in [-0.4, -0.2) is 29.6 Å². The molecule has 0 spiro atoms. The Balaban J connectivity index is 2.21. The molecular formula is C19H29NO4. The Morgan fingerprint density at radius 1 is 1.08 bits per heavy atom. The van der Waals surface area contributed by atoms with Gasteiger partial charge in [-0.1, -0.05) is 75.8 Å². The van der Waals surface area contributed by atoms with Crippen molar-refractivity contribution in [2.45, 2.75) is 64.5 Å². The van der Waals surface area contributed by atoms with Crippen molar-refractivity contribution in [1.29, 1.82) is 0 Å². The molecule has 0 fully saturated rings. The molecule has 1 amide bonds. The van der Waals surface area contributed by atoms with Crippen molar-refractivity contribution in [1.82, 2.24) is 5.32 Å². The van der Waals surface area contributed by atoms with E-state index < -0.39 is 12.0 Å². The fourth-order valence-corrected chi connectivity index (χ4v) is 2.46. The number of hydrogen-bond donors (Lipinski definition) is 2. The number of benzene rings is 1. The van der Waals surface area contributed by atoms with Crippen molar-refractivity contribution < 1.29 is 19.4 Å². The van der Waals surface area contributed by atoms with Crippen molar-refractivity contribution in [3.63, 3.8) is 0 Å². The van der Waals surface area contributed by atoms with Crippen molar-refractivity contribution in [2.24, 2.45) is 0 Å². The lowest BCUT2D eigenvalue weighted by Gasteiger charge is -2.14. The van der Waals surface area contributed by atoms with Crippen LogP contribution >= 0.6 is 0 Å². The van der Waals surface area contributed by atoms with E-state index in [9.17, 15) is 14.7 Å². The smallest absolute Gasteiger partial charge is 0.326 e. The van der Waals surface area contributed by atoms with Gasteiger partial charge in [0.05, 0.1) is 6.61 Å². The maximum Gasteiger partial charge on any atom is 0.326 e. The summed E-state index contributed by atoms with van der Waals surface area (Å²) in [5.41, 5.74) is 0.979. The molecule has 0 bridgehead atoms. The molecule has 0 aliphatic carbocycles. The molecule has 5 nitrogen and oxygen atoms in total. The fraction of sp³-hybridized carbons (Fsp3) is 0.579. The van der Waals surface area contributed by atoms with Gasteiger partial charge in [0.2, 0.25) is 5.91 Å². The minimum atomic E-state index is -0.986. The normalized spacial score (nSPS) is 11.9. The highest BCUT2D eigenvalue weighted by molar-refractivity contribution is 5.84. The topological polar surface area (TPSA) is 75.6 Å². The molecule has 1 aromatic carbocycles. The third kappa shape index (κ3) is 9.30. The molecule has 0 heterocycles. The molecule has 2 N–H and O–H groups in total. The van der Waals surface area contributed by atoms with Gasteiger partial charge in [-0.3, -0.25) is 4.79 Å². The van der Waals surface area contributed by atoms with Crippen LogP contribution in [0.3, 0.4) is 0 Å². The van der Waals surface area contributed by atoms with Gasteiger partial charge in [0.1, 0.15) is 12.6 Å². The number of rotatable bonds is 13. The summed E-state index contributed by atoms with van der Waals surface area (Å²) in [5, 5.41) is 11.8. The van der Waals surface area contributed by atoms with Gasteiger partial charge in [-0.25, -0.2) is 4.79 Å². The molecule has 1 rings (SSSR count). The average molecular weight is 335 g/mol. The molecule has 0 saturated heterocycles. The molecule has 134 valence electrons. The van der Waals surface area contributed by atoms with E-state index >= 15 is 0 Å². The molecule has 0 radical (unpaired) electrons. The molecule has 5 heteroatoms. The Hall–Kier alpha value is -1.88. The highest BCUT2D eigenvalue weighted by atomic mass is 16.5. The predicted octanol–water partition coefficient (Wildman–Crippen LogP) is 3.52. The average Bonchev–Trinajstić information content (AvgIpc) is 2.57. The first-order valence-corrected chi connectivity index (χ1v) is 8.77. The van der Waals surface area contributed by atoms with Gasteiger partial charge in [0, 0.05) is 0 Å². The summed E-state index contributed by atoms with van der Waals surface area (Å²) in [6.45, 7) is 2.37. The summed E-state index contributed by atoms with van der Waals surface area (Å²) in [5.74, 6) is -1.37. The molecular weight excluding hydrogens is 306 g/mol. The van der Waals surface area contributed by atoms with E-state index in [1.165, 1.54) is 19.3 Å². The first kappa shape index (κ1) is 20.2. The number of hydrogen-bond acceptors (Lipinski definition) is 3. The minimum absolute atomic E-state index is 0.130. The predicted molar refractivity (Wildman–Crippen MR) is 93.7 cm³/mol. The van der Waals surface area contributed by atoms with Gasteiger partial charge < -0.3 is 15.2 Å². The number of ether oxygens (including phenoxy) is 1. The second kappa shape index (κ2) is 12.5. The molecule has 1 atom stereocenters. The Morgan fingerprint density at radius 3 is 2.42 bits per heavy atom. The summed E-state index contributed by atoms with van der Waals surface area (Å²) in [6, 6.07) is 8.71.